The summed E-state index contributed by atoms with van der Waals surface area (Å²) in [6.45, 7) is 7.71. The maximum absolute atomic E-state index is 12.7. The zero-order valence-corrected chi connectivity index (χ0v) is 11.9. The first-order chi connectivity index (χ1) is 8.17. The number of Topliss-reactive ketones (excluding diaryl/α,β-unsaturated/α-hetero) is 1. The molecule has 2 aliphatic rings. The minimum atomic E-state index is -0.941. The molecule has 2 N–H and O–H groups in total. The van der Waals surface area contributed by atoms with Crippen LogP contribution in [0, 0.1) is 23.7 Å². The predicted molar refractivity (Wildman–Crippen MR) is 70.0 cm³/mol. The second-order valence-corrected chi connectivity index (χ2v) is 7.13. The molecule has 0 spiro atoms. The molecule has 0 aliphatic heterocycles. The molecule has 2 aliphatic carbocycles. The third kappa shape index (κ3) is 2.12. The molecule has 0 saturated heterocycles. The van der Waals surface area contributed by atoms with Gasteiger partial charge in [-0.2, -0.15) is 0 Å². The summed E-state index contributed by atoms with van der Waals surface area (Å²) >= 11 is 0. The highest BCUT2D eigenvalue weighted by Gasteiger charge is 2.56. The maximum atomic E-state index is 12.7. The fraction of sp³-hybridized carbons (Fsp3) is 0.933. The second-order valence-electron chi connectivity index (χ2n) is 7.13. The Morgan fingerprint density at radius 1 is 1.11 bits per heavy atom. The summed E-state index contributed by atoms with van der Waals surface area (Å²) in [5.41, 5.74) is -1.76. The molecule has 3 heteroatoms. The number of hydrogen-bond acceptors (Lipinski definition) is 3. The van der Waals surface area contributed by atoms with Crippen molar-refractivity contribution in [2.45, 2.75) is 64.6 Å². The van der Waals surface area contributed by atoms with Gasteiger partial charge in [0, 0.05) is 5.92 Å². The molecule has 0 radical (unpaired) electrons. The molecule has 2 fully saturated rings. The number of ketones is 1. The molecule has 0 unspecified atom stereocenters. The fourth-order valence-corrected chi connectivity index (χ4v) is 4.05. The van der Waals surface area contributed by atoms with Crippen LogP contribution in [0.25, 0.3) is 0 Å². The number of carbonyl (C=O) groups excluding carboxylic acids is 1. The molecule has 0 aromatic heterocycles. The SMILES string of the molecule is CC(C)[C@@H]1CC[C@@](C)(O)[C@H]2CC[C@](C)(O)[C@@H]2C1=O. The summed E-state index contributed by atoms with van der Waals surface area (Å²) in [5, 5.41) is 21.1. The highest BCUT2D eigenvalue weighted by molar-refractivity contribution is 5.86. The number of rotatable bonds is 1. The standard InChI is InChI=1S/C15H26O3/c1-9(2)10-5-7-14(3,17)11-6-8-15(4,18)12(11)13(10)16/h9-12,17-18H,5-8H2,1-4H3/t10-,11-,12-,14+,15-/m0/s1. The number of carbonyl (C=O) groups is 1. The average molecular weight is 254 g/mol. The van der Waals surface area contributed by atoms with Crippen LogP contribution in [0.5, 0.6) is 0 Å². The minimum absolute atomic E-state index is 0.0175. The van der Waals surface area contributed by atoms with Crippen molar-refractivity contribution in [1.29, 1.82) is 0 Å². The van der Waals surface area contributed by atoms with Gasteiger partial charge >= 0.3 is 0 Å². The fourth-order valence-electron chi connectivity index (χ4n) is 4.05. The molecule has 18 heavy (non-hydrogen) atoms. The molecule has 0 aromatic rings. The van der Waals surface area contributed by atoms with E-state index in [0.717, 1.165) is 12.8 Å². The van der Waals surface area contributed by atoms with Crippen molar-refractivity contribution < 1.29 is 15.0 Å². The average Bonchev–Trinajstić information content (AvgIpc) is 2.48. The summed E-state index contributed by atoms with van der Waals surface area (Å²) in [6, 6.07) is 0. The molecule has 2 rings (SSSR count). The molecule has 0 bridgehead atoms. The van der Waals surface area contributed by atoms with E-state index in [2.05, 4.69) is 13.8 Å². The molecular formula is C15H26O3. The van der Waals surface area contributed by atoms with Crippen molar-refractivity contribution in [3.05, 3.63) is 0 Å². The highest BCUT2D eigenvalue weighted by Crippen LogP contribution is 2.51. The maximum Gasteiger partial charge on any atom is 0.142 e. The van der Waals surface area contributed by atoms with Gasteiger partial charge in [-0.15, -0.1) is 0 Å². The van der Waals surface area contributed by atoms with Gasteiger partial charge in [-0.3, -0.25) is 4.79 Å². The Hall–Kier alpha value is -0.410. The van der Waals surface area contributed by atoms with Gasteiger partial charge in [0.2, 0.25) is 0 Å². The summed E-state index contributed by atoms with van der Waals surface area (Å²) in [6.07, 6.45) is 2.78. The summed E-state index contributed by atoms with van der Waals surface area (Å²) in [5.74, 6) is -0.0269. The van der Waals surface area contributed by atoms with Crippen LogP contribution in [0.3, 0.4) is 0 Å². The lowest BCUT2D eigenvalue weighted by molar-refractivity contribution is -0.138. The predicted octanol–water partition coefficient (Wildman–Crippen LogP) is 2.15. The first-order valence-electron chi connectivity index (χ1n) is 7.15. The molecule has 0 heterocycles. The van der Waals surface area contributed by atoms with E-state index in [0.29, 0.717) is 12.8 Å². The first kappa shape index (κ1) is 14.0. The molecule has 0 aromatic carbocycles. The van der Waals surface area contributed by atoms with E-state index in [4.69, 9.17) is 0 Å². The lowest BCUT2D eigenvalue weighted by Gasteiger charge is -2.34. The Morgan fingerprint density at radius 2 is 1.67 bits per heavy atom. The lowest BCUT2D eigenvalue weighted by atomic mass is 9.74. The summed E-state index contributed by atoms with van der Waals surface area (Å²) < 4.78 is 0. The third-order valence-corrected chi connectivity index (χ3v) is 5.27. The molecular weight excluding hydrogens is 228 g/mol. The zero-order chi connectivity index (χ0) is 13.7. The largest absolute Gasteiger partial charge is 0.390 e. The summed E-state index contributed by atoms with van der Waals surface area (Å²) in [4.78, 5) is 12.7. The van der Waals surface area contributed by atoms with Crippen LogP contribution < -0.4 is 0 Å². The van der Waals surface area contributed by atoms with Crippen LogP contribution >= 0.6 is 0 Å². The Bertz CT molecular complexity index is 344. The zero-order valence-electron chi connectivity index (χ0n) is 11.9. The van der Waals surface area contributed by atoms with Crippen molar-refractivity contribution >= 4 is 5.78 Å². The van der Waals surface area contributed by atoms with Crippen molar-refractivity contribution in [1.82, 2.24) is 0 Å². The van der Waals surface area contributed by atoms with E-state index in [1.54, 1.807) is 6.92 Å². The smallest absolute Gasteiger partial charge is 0.142 e. The molecule has 3 nitrogen and oxygen atoms in total. The van der Waals surface area contributed by atoms with Crippen LogP contribution in [-0.2, 0) is 4.79 Å². The van der Waals surface area contributed by atoms with Crippen molar-refractivity contribution in [3.8, 4) is 0 Å². The quantitative estimate of drug-likeness (QED) is 0.754. The van der Waals surface area contributed by atoms with E-state index in [1.807, 2.05) is 6.92 Å². The Morgan fingerprint density at radius 3 is 2.22 bits per heavy atom. The van der Waals surface area contributed by atoms with E-state index in [-0.39, 0.29) is 29.5 Å². The lowest BCUT2D eigenvalue weighted by Crippen LogP contribution is -2.45. The molecule has 2 saturated carbocycles. The van der Waals surface area contributed by atoms with Crippen LogP contribution in [0.15, 0.2) is 0 Å². The van der Waals surface area contributed by atoms with Crippen molar-refractivity contribution in [3.63, 3.8) is 0 Å². The Labute approximate surface area is 110 Å². The van der Waals surface area contributed by atoms with Crippen LogP contribution in [0.4, 0.5) is 0 Å². The topological polar surface area (TPSA) is 57.5 Å². The van der Waals surface area contributed by atoms with Crippen LogP contribution in [-0.4, -0.2) is 27.2 Å². The number of hydrogen-bond donors (Lipinski definition) is 2. The molecule has 5 atom stereocenters. The molecule has 104 valence electrons. The van der Waals surface area contributed by atoms with Gasteiger partial charge in [-0.25, -0.2) is 0 Å². The van der Waals surface area contributed by atoms with Gasteiger partial charge in [-0.1, -0.05) is 13.8 Å². The Balaban J connectivity index is 2.39. The normalized spacial score (nSPS) is 49.3. The first-order valence-corrected chi connectivity index (χ1v) is 7.15. The second kappa shape index (κ2) is 4.31. The van der Waals surface area contributed by atoms with E-state index >= 15 is 0 Å². The monoisotopic (exact) mass is 254 g/mol. The minimum Gasteiger partial charge on any atom is -0.390 e. The van der Waals surface area contributed by atoms with Gasteiger partial charge in [-0.05, 0) is 51.4 Å². The Kier molecular flexibility index (Phi) is 3.35. The van der Waals surface area contributed by atoms with Crippen molar-refractivity contribution in [2.24, 2.45) is 23.7 Å². The number of aliphatic hydroxyl groups is 2. The van der Waals surface area contributed by atoms with Crippen LogP contribution in [0.2, 0.25) is 0 Å². The third-order valence-electron chi connectivity index (χ3n) is 5.27. The van der Waals surface area contributed by atoms with Gasteiger partial charge in [0.25, 0.3) is 0 Å². The van der Waals surface area contributed by atoms with E-state index in [1.165, 1.54) is 0 Å². The number of fused-ring (bicyclic) bond motifs is 1. The van der Waals surface area contributed by atoms with Crippen molar-refractivity contribution in [2.75, 3.05) is 0 Å². The van der Waals surface area contributed by atoms with Gasteiger partial charge in [0.15, 0.2) is 0 Å². The van der Waals surface area contributed by atoms with E-state index < -0.39 is 11.2 Å². The van der Waals surface area contributed by atoms with E-state index in [9.17, 15) is 15.0 Å². The van der Waals surface area contributed by atoms with Crippen LogP contribution in [0.1, 0.15) is 53.4 Å². The molecule has 0 amide bonds. The van der Waals surface area contributed by atoms with Gasteiger partial charge in [0.1, 0.15) is 5.78 Å². The van der Waals surface area contributed by atoms with Gasteiger partial charge in [0.05, 0.1) is 17.1 Å². The van der Waals surface area contributed by atoms with Gasteiger partial charge < -0.3 is 10.2 Å². The summed E-state index contributed by atoms with van der Waals surface area (Å²) in [7, 11) is 0. The highest BCUT2D eigenvalue weighted by atomic mass is 16.3.